The van der Waals surface area contributed by atoms with E-state index in [1.54, 1.807) is 67.0 Å². The predicted octanol–water partition coefficient (Wildman–Crippen LogP) is 8.43. The predicted molar refractivity (Wildman–Crippen MR) is 340 cm³/mol. The van der Waals surface area contributed by atoms with Gasteiger partial charge in [-0.2, -0.15) is 10.5 Å². The molecule has 444 valence electrons. The molecule has 9 fully saturated rings. The third-order valence-corrected chi connectivity index (χ3v) is 14.8. The number of nitro groups is 1. The second-order valence-electron chi connectivity index (χ2n) is 20.4. The zero-order valence-corrected chi connectivity index (χ0v) is 53.4. The maximum atomic E-state index is 12.1. The molecule has 6 atom stereocenters. The van der Waals surface area contributed by atoms with Gasteiger partial charge in [0.05, 0.1) is 65.1 Å². The van der Waals surface area contributed by atoms with Crippen LogP contribution in [0.4, 0.5) is 40.1 Å². The molecule has 9 aliphatic rings. The first-order valence-electron chi connectivity index (χ1n) is 27.4. The van der Waals surface area contributed by atoms with Crippen molar-refractivity contribution in [1.82, 2.24) is 19.9 Å². The van der Waals surface area contributed by atoms with Crippen molar-refractivity contribution in [2.75, 3.05) is 72.1 Å². The average Bonchev–Trinajstić information content (AvgIpc) is 1.21. The van der Waals surface area contributed by atoms with E-state index in [1.165, 1.54) is 24.2 Å². The zero-order valence-electron chi connectivity index (χ0n) is 48.2. The number of Topliss-reactive ketones (excluding diaryl/α,β-unsaturated/α-hetero) is 2. The number of halogens is 2. The Morgan fingerprint density at radius 3 is 1.36 bits per heavy atom. The number of hydrogen-bond acceptors (Lipinski definition) is 19. The van der Waals surface area contributed by atoms with E-state index >= 15 is 0 Å². The van der Waals surface area contributed by atoms with Crippen LogP contribution in [0.3, 0.4) is 0 Å². The minimum atomic E-state index is -0.374. The molecular weight excluding hydrogens is 1250 g/mol. The summed E-state index contributed by atoms with van der Waals surface area (Å²) in [6.07, 6.45) is 10.2. The molecule has 0 amide bonds. The topological polar surface area (TPSA) is 272 Å². The number of aromatic nitrogens is 4. The van der Waals surface area contributed by atoms with E-state index in [4.69, 9.17) is 47.2 Å². The van der Waals surface area contributed by atoms with Gasteiger partial charge in [-0.05, 0) is 84.4 Å². The third-order valence-electron chi connectivity index (χ3n) is 14.7. The summed E-state index contributed by atoms with van der Waals surface area (Å²) < 4.78 is 16.8. The van der Waals surface area contributed by atoms with Crippen LogP contribution in [-0.4, -0.2) is 125 Å². The van der Waals surface area contributed by atoms with Gasteiger partial charge in [0.2, 0.25) is 11.2 Å². The van der Waals surface area contributed by atoms with Gasteiger partial charge >= 0.3 is 51.4 Å². The van der Waals surface area contributed by atoms with Crippen LogP contribution in [0, 0.1) is 32.8 Å². The SMILES string of the molecule is C.CO.I.N#CCCC(=O)c1ccc(-c2ccnc(Cl)n2)cc1.N#CCCC(=O)c1ccc(-c2ccnc(Nc3ccc(N4C[C@H]5C[C@@H](C4)O5)cc3)n2)cc1.Nc1ccc(N2C[C@H]3C[C@@H](C2)O3)cc1.O=[N+]([O-])c1ccc(N2C[C@H]3C[C@@H](C2)O3)cc1.[H-].[K+]. The first-order valence-corrected chi connectivity index (χ1v) is 27.8. The summed E-state index contributed by atoms with van der Waals surface area (Å²) in [6, 6.07) is 45.0. The summed E-state index contributed by atoms with van der Waals surface area (Å²) >= 11 is 5.73. The maximum absolute atomic E-state index is 12.1. The van der Waals surface area contributed by atoms with E-state index in [-0.39, 0.29) is 137 Å². The zero-order chi connectivity index (χ0) is 58.2. The van der Waals surface area contributed by atoms with Crippen LogP contribution in [-0.2, 0) is 14.2 Å². The number of rotatable bonds is 14. The van der Waals surface area contributed by atoms with Crippen molar-refractivity contribution in [1.29, 1.82) is 10.5 Å². The van der Waals surface area contributed by atoms with E-state index in [9.17, 15) is 19.7 Å². The molecule has 0 aliphatic carbocycles. The minimum absolute atomic E-state index is 0. The van der Waals surface area contributed by atoms with Gasteiger partial charge in [-0.25, -0.2) is 19.9 Å². The number of aliphatic hydroxyl groups excluding tert-OH is 1. The molecule has 4 N–H and O–H groups in total. The largest absolute Gasteiger partial charge is 1.00 e. The van der Waals surface area contributed by atoms with Crippen LogP contribution in [0.25, 0.3) is 22.5 Å². The standard InChI is InChI=1S/C25H23N5O2.C14H10ClN3O.C11H12N2O3.C11H14N2O.CH4O.CH4.HI.K.H/c26-12-1-2-24(31)18-5-3-17(4-6-18)23-11-13-27-25(29-23)28-19-7-9-20(10-8-19)30-15-21-14-22(16-30)32-21;15-14-17-9-7-12(18-14)10-3-5-11(6-4-10)13(19)2-1-8-16;14-13(15)9-3-1-8(2-4-9)12-6-10-5-11(7-12)16-10;12-8-1-3-9(4-2-8)13-6-10-5-11(7-13)14-10;1-2;;;;/h3-11,13,21-22H,1-2,14-16H2,(H,27,28,29);3-7,9H,1-2H2;1-4,10-11H,5-7H2;1-4,10-11H,5-7,12H2;2H,1H3;1H4;1H;;/q;;;;;;;+1;-1/t21-,22+;;2*10-,11+;;;;;. The number of nitro benzene ring substituents is 1. The van der Waals surface area contributed by atoms with Gasteiger partial charge < -0.3 is 46.5 Å². The summed E-state index contributed by atoms with van der Waals surface area (Å²) in [5.74, 6) is 0.451. The molecule has 2 aromatic heterocycles. The van der Waals surface area contributed by atoms with Gasteiger partial charge in [0.15, 0.2) is 11.6 Å². The molecule has 7 aromatic rings. The number of carbonyl (C=O) groups excluding carboxylic acids is 2. The van der Waals surface area contributed by atoms with Crippen molar-refractivity contribution in [3.63, 3.8) is 0 Å². The molecule has 9 aliphatic heterocycles. The fourth-order valence-corrected chi connectivity index (χ4v) is 10.6. The number of nitrogens with zero attached hydrogens (tertiary/aromatic N) is 10. The number of ketones is 2. The normalized spacial score (nSPS) is 19.3. The van der Waals surface area contributed by atoms with Crippen molar-refractivity contribution >= 4 is 87.2 Å². The Labute approximate surface area is 567 Å². The first-order chi connectivity index (χ1) is 40.4. The number of nitrogens with one attached hydrogen (secondary N) is 1. The average molecular weight is 1320 g/mol. The molecule has 23 heteroatoms. The number of carbonyl (C=O) groups is 2. The van der Waals surface area contributed by atoms with Crippen molar-refractivity contribution in [2.24, 2.45) is 0 Å². The van der Waals surface area contributed by atoms with Gasteiger partial charge in [-0.15, -0.1) is 24.0 Å². The van der Waals surface area contributed by atoms with Crippen molar-refractivity contribution in [3.8, 4) is 34.7 Å². The molecule has 0 unspecified atom stereocenters. The summed E-state index contributed by atoms with van der Waals surface area (Å²) in [7, 11) is 1.00. The number of nitrogen functional groups attached to an aromatic ring is 1. The smallest absolute Gasteiger partial charge is 1.00 e. The fourth-order valence-electron chi connectivity index (χ4n) is 10.4. The Balaban J connectivity index is 0.000000217. The number of fused-ring (bicyclic) bond motifs is 6. The molecule has 0 spiro atoms. The molecule has 16 rings (SSSR count). The molecule has 0 saturated carbocycles. The number of benzene rings is 5. The number of nitrogens with two attached hydrogens (primary N) is 1. The number of ether oxygens (including phenoxy) is 3. The third kappa shape index (κ3) is 18.7. The summed E-state index contributed by atoms with van der Waals surface area (Å²) in [4.78, 5) is 57.7. The van der Waals surface area contributed by atoms with Crippen molar-refractivity contribution in [2.45, 2.75) is 89.0 Å². The molecular formula is C63H69ClIKN12O8. The fraction of sp³-hybridized carbons (Fsp3) is 0.333. The van der Waals surface area contributed by atoms with Crippen LogP contribution < -0.4 is 77.1 Å². The van der Waals surface area contributed by atoms with E-state index < -0.39 is 0 Å². The quantitative estimate of drug-likeness (QED) is 0.0175. The van der Waals surface area contributed by atoms with Gasteiger partial charge in [0, 0.05) is 167 Å². The van der Waals surface area contributed by atoms with E-state index in [0.29, 0.717) is 59.4 Å². The van der Waals surface area contributed by atoms with Gasteiger partial charge in [0.25, 0.3) is 5.69 Å². The van der Waals surface area contributed by atoms with Crippen LogP contribution in [0.2, 0.25) is 5.28 Å². The molecule has 86 heavy (non-hydrogen) atoms. The van der Waals surface area contributed by atoms with Crippen molar-refractivity contribution in [3.05, 3.63) is 172 Å². The number of piperidine rings is 3. The van der Waals surface area contributed by atoms with Gasteiger partial charge in [0.1, 0.15) is 0 Å². The van der Waals surface area contributed by atoms with Crippen LogP contribution in [0.5, 0.6) is 0 Å². The van der Waals surface area contributed by atoms with E-state index in [2.05, 4.69) is 64.2 Å². The van der Waals surface area contributed by atoms with Crippen LogP contribution >= 0.6 is 35.6 Å². The number of aliphatic hydroxyl groups is 1. The second-order valence-corrected chi connectivity index (χ2v) is 20.7. The first kappa shape index (κ1) is 68.6. The molecule has 5 aromatic carbocycles. The molecule has 11 heterocycles. The summed E-state index contributed by atoms with van der Waals surface area (Å²) in [5, 5.41) is 38.1. The van der Waals surface area contributed by atoms with E-state index in [1.807, 2.05) is 66.7 Å². The molecule has 9 saturated heterocycles. The van der Waals surface area contributed by atoms with Gasteiger partial charge in [-0.3, -0.25) is 19.7 Å². The van der Waals surface area contributed by atoms with Crippen LogP contribution in [0.15, 0.2) is 146 Å². The van der Waals surface area contributed by atoms with Crippen molar-refractivity contribution < 1.29 is 86.6 Å². The molecule has 0 radical (unpaired) electrons. The Morgan fingerprint density at radius 1 is 0.628 bits per heavy atom. The molecule has 20 nitrogen and oxygen atoms in total. The van der Waals surface area contributed by atoms with Crippen LogP contribution in [0.1, 0.15) is 74.5 Å². The summed E-state index contributed by atoms with van der Waals surface area (Å²) in [5.41, 5.74) is 15.5. The van der Waals surface area contributed by atoms with Gasteiger partial charge in [-0.1, -0.05) is 56.0 Å². The monoisotopic (exact) mass is 1320 g/mol. The number of non-ortho nitro benzene ring substituents is 1. The van der Waals surface area contributed by atoms with E-state index in [0.717, 1.165) is 86.7 Å². The number of morpholine rings is 3. The number of anilines is 6. The number of nitriles is 2. The maximum Gasteiger partial charge on any atom is 1.00 e. The summed E-state index contributed by atoms with van der Waals surface area (Å²) in [6.45, 7) is 5.76. The Kier molecular flexibility index (Phi) is 26.8. The second kappa shape index (κ2) is 33.6. The Bertz CT molecular complexity index is 3380. The molecule has 6 bridgehead atoms. The Hall–Kier alpha value is -6.52. The number of hydrogen-bond donors (Lipinski definition) is 3. The minimum Gasteiger partial charge on any atom is -1.00 e. The Morgan fingerprint density at radius 2 is 0.988 bits per heavy atom.